The lowest BCUT2D eigenvalue weighted by Crippen LogP contribution is -2.14. The van der Waals surface area contributed by atoms with Crippen LogP contribution in [0.5, 0.6) is 0 Å². The van der Waals surface area contributed by atoms with Crippen molar-refractivity contribution in [2.45, 2.75) is 6.54 Å². The van der Waals surface area contributed by atoms with Gasteiger partial charge in [-0.2, -0.15) is 13.5 Å². The zero-order valence-corrected chi connectivity index (χ0v) is 10.2. The molecule has 0 aromatic carbocycles. The number of nitrogens with zero attached hydrogens (tertiary/aromatic N) is 2. The number of anilines is 1. The topological polar surface area (TPSA) is 114 Å². The summed E-state index contributed by atoms with van der Waals surface area (Å²) in [5.41, 5.74) is 5.76. The monoisotopic (exact) mass is 263 g/mol. The molecule has 0 aliphatic heterocycles. The first-order valence-electron chi connectivity index (χ1n) is 4.59. The van der Waals surface area contributed by atoms with Crippen molar-refractivity contribution in [1.29, 1.82) is 0 Å². The molecule has 0 saturated carbocycles. The van der Waals surface area contributed by atoms with Gasteiger partial charge >= 0.3 is 5.97 Å². The number of rotatable bonds is 5. The van der Waals surface area contributed by atoms with Crippen molar-refractivity contribution in [3.05, 3.63) is 11.8 Å². The Balaban J connectivity index is 2.68. The molecule has 1 aromatic rings. The van der Waals surface area contributed by atoms with Gasteiger partial charge in [0.2, 0.25) is 0 Å². The largest absolute Gasteiger partial charge is 0.465 e. The van der Waals surface area contributed by atoms with Gasteiger partial charge in [0.05, 0.1) is 32.7 Å². The van der Waals surface area contributed by atoms with E-state index in [1.54, 1.807) is 0 Å². The third kappa shape index (κ3) is 3.71. The van der Waals surface area contributed by atoms with Crippen molar-refractivity contribution in [2.24, 2.45) is 0 Å². The Kier molecular flexibility index (Phi) is 4.07. The van der Waals surface area contributed by atoms with Crippen LogP contribution in [0.3, 0.4) is 0 Å². The minimum absolute atomic E-state index is 0.106. The molecule has 2 N–H and O–H groups in total. The number of esters is 1. The molecule has 0 amide bonds. The van der Waals surface area contributed by atoms with Crippen LogP contribution in [-0.4, -0.2) is 44.1 Å². The molecule has 0 aliphatic carbocycles. The molecule has 8 nitrogen and oxygen atoms in total. The molecule has 0 atom stereocenters. The first kappa shape index (κ1) is 13.5. The van der Waals surface area contributed by atoms with Crippen molar-refractivity contribution in [3.63, 3.8) is 0 Å². The van der Waals surface area contributed by atoms with E-state index in [-0.39, 0.29) is 24.5 Å². The summed E-state index contributed by atoms with van der Waals surface area (Å²) < 4.78 is 31.7. The average molecular weight is 263 g/mol. The van der Waals surface area contributed by atoms with Crippen molar-refractivity contribution in [2.75, 3.05) is 25.7 Å². The Morgan fingerprint density at radius 1 is 1.59 bits per heavy atom. The van der Waals surface area contributed by atoms with Gasteiger partial charge in [-0.1, -0.05) is 0 Å². The van der Waals surface area contributed by atoms with Gasteiger partial charge in [-0.3, -0.25) is 4.18 Å². The van der Waals surface area contributed by atoms with E-state index < -0.39 is 16.1 Å². The van der Waals surface area contributed by atoms with Crippen molar-refractivity contribution in [3.8, 4) is 0 Å². The van der Waals surface area contributed by atoms with E-state index in [1.165, 1.54) is 18.0 Å². The summed E-state index contributed by atoms with van der Waals surface area (Å²) in [7, 11) is -2.27. The second kappa shape index (κ2) is 5.15. The molecule has 0 aliphatic rings. The van der Waals surface area contributed by atoms with E-state index in [0.29, 0.717) is 0 Å². The zero-order chi connectivity index (χ0) is 13.1. The smallest absolute Gasteiger partial charge is 0.343 e. The molecule has 17 heavy (non-hydrogen) atoms. The number of carbonyl (C=O) groups excluding carboxylic acids is 1. The number of hydrogen-bond acceptors (Lipinski definition) is 7. The van der Waals surface area contributed by atoms with Crippen LogP contribution in [0.15, 0.2) is 6.20 Å². The molecule has 0 fully saturated rings. The molecule has 0 radical (unpaired) electrons. The Morgan fingerprint density at radius 2 is 2.24 bits per heavy atom. The summed E-state index contributed by atoms with van der Waals surface area (Å²) in [5, 5.41) is 3.82. The summed E-state index contributed by atoms with van der Waals surface area (Å²) in [5.74, 6) is -0.494. The number of nitrogen functional groups attached to an aromatic ring is 1. The maximum atomic E-state index is 11.2. The number of methoxy groups -OCH3 is 1. The maximum absolute atomic E-state index is 11.2. The van der Waals surface area contributed by atoms with Crippen molar-refractivity contribution >= 4 is 21.9 Å². The summed E-state index contributed by atoms with van der Waals surface area (Å²) in [6.07, 6.45) is 2.20. The van der Waals surface area contributed by atoms with Crippen LogP contribution in [0.25, 0.3) is 0 Å². The molecule has 1 rings (SSSR count). The lowest BCUT2D eigenvalue weighted by atomic mass is 10.3. The number of hydrogen-bond donors (Lipinski definition) is 1. The minimum Gasteiger partial charge on any atom is -0.465 e. The molecule has 0 spiro atoms. The SMILES string of the molecule is COC(=O)c1cnn(CCOS(C)(=O)=O)c1N. The Bertz CT molecular complexity index is 507. The van der Waals surface area contributed by atoms with E-state index in [0.717, 1.165) is 6.26 Å². The predicted molar refractivity (Wildman–Crippen MR) is 58.8 cm³/mol. The molecule has 0 unspecified atom stereocenters. The van der Waals surface area contributed by atoms with E-state index >= 15 is 0 Å². The van der Waals surface area contributed by atoms with Crippen LogP contribution in [0.4, 0.5) is 5.82 Å². The summed E-state index contributed by atoms with van der Waals surface area (Å²) in [6, 6.07) is 0. The first-order valence-corrected chi connectivity index (χ1v) is 6.41. The first-order chi connectivity index (χ1) is 7.85. The lowest BCUT2D eigenvalue weighted by Gasteiger charge is -2.04. The fraction of sp³-hybridized carbons (Fsp3) is 0.500. The number of nitrogens with two attached hydrogens (primary N) is 1. The van der Waals surface area contributed by atoms with Crippen LogP contribution >= 0.6 is 0 Å². The van der Waals surface area contributed by atoms with Gasteiger partial charge in [0.1, 0.15) is 11.4 Å². The van der Waals surface area contributed by atoms with Gasteiger partial charge in [-0.15, -0.1) is 0 Å². The fourth-order valence-electron chi connectivity index (χ4n) is 1.12. The molecule has 0 saturated heterocycles. The number of ether oxygens (including phenoxy) is 1. The number of aromatic nitrogens is 2. The van der Waals surface area contributed by atoms with Crippen LogP contribution in [0.1, 0.15) is 10.4 Å². The molecule has 1 aromatic heterocycles. The van der Waals surface area contributed by atoms with Gasteiger partial charge in [0, 0.05) is 0 Å². The van der Waals surface area contributed by atoms with Crippen molar-refractivity contribution in [1.82, 2.24) is 9.78 Å². The predicted octanol–water partition coefficient (Wildman–Crippen LogP) is -0.772. The maximum Gasteiger partial charge on any atom is 0.343 e. The van der Waals surface area contributed by atoms with Gasteiger partial charge in [-0.05, 0) is 0 Å². The summed E-state index contributed by atoms with van der Waals surface area (Å²) in [6.45, 7) is 0.0151. The molecular formula is C8H13N3O5S. The van der Waals surface area contributed by atoms with Gasteiger partial charge in [0.15, 0.2) is 0 Å². The number of carbonyl (C=O) groups is 1. The van der Waals surface area contributed by atoms with E-state index in [1.807, 2.05) is 0 Å². The van der Waals surface area contributed by atoms with E-state index in [2.05, 4.69) is 14.0 Å². The van der Waals surface area contributed by atoms with Crippen LogP contribution in [0.2, 0.25) is 0 Å². The highest BCUT2D eigenvalue weighted by Crippen LogP contribution is 2.11. The van der Waals surface area contributed by atoms with Crippen molar-refractivity contribution < 1.29 is 22.1 Å². The van der Waals surface area contributed by atoms with Gasteiger partial charge < -0.3 is 10.5 Å². The second-order valence-corrected chi connectivity index (χ2v) is 4.83. The Hall–Kier alpha value is -1.61. The lowest BCUT2D eigenvalue weighted by molar-refractivity contribution is 0.0602. The summed E-state index contributed by atoms with van der Waals surface area (Å²) in [4.78, 5) is 11.2. The highest BCUT2D eigenvalue weighted by Gasteiger charge is 2.15. The fourth-order valence-corrected chi connectivity index (χ4v) is 1.49. The zero-order valence-electron chi connectivity index (χ0n) is 9.41. The molecule has 1 heterocycles. The highest BCUT2D eigenvalue weighted by atomic mass is 32.2. The normalized spacial score (nSPS) is 11.4. The van der Waals surface area contributed by atoms with Gasteiger partial charge in [-0.25, -0.2) is 9.48 Å². The highest BCUT2D eigenvalue weighted by molar-refractivity contribution is 7.85. The standard InChI is InChI=1S/C8H13N3O5S/c1-15-8(12)6-5-10-11(7(6)9)3-4-16-17(2,13)14/h5H,3-4,9H2,1-2H3. The minimum atomic E-state index is -3.49. The molecule has 9 heteroatoms. The summed E-state index contributed by atoms with van der Waals surface area (Å²) >= 11 is 0. The average Bonchev–Trinajstić information content (AvgIpc) is 2.58. The van der Waals surface area contributed by atoms with Crippen LogP contribution in [0, 0.1) is 0 Å². The van der Waals surface area contributed by atoms with E-state index in [9.17, 15) is 13.2 Å². The molecule has 96 valence electrons. The van der Waals surface area contributed by atoms with Gasteiger partial charge in [0.25, 0.3) is 10.1 Å². The Morgan fingerprint density at radius 3 is 2.76 bits per heavy atom. The van der Waals surface area contributed by atoms with Crippen LogP contribution < -0.4 is 5.73 Å². The second-order valence-electron chi connectivity index (χ2n) is 3.18. The van der Waals surface area contributed by atoms with E-state index in [4.69, 9.17) is 5.73 Å². The quantitative estimate of drug-likeness (QED) is 0.548. The third-order valence-corrected chi connectivity index (χ3v) is 2.48. The Labute approximate surface area is 98.4 Å². The molecular weight excluding hydrogens is 250 g/mol. The third-order valence-electron chi connectivity index (χ3n) is 1.89. The van der Waals surface area contributed by atoms with Crippen LogP contribution in [-0.2, 0) is 25.6 Å². The molecule has 0 bridgehead atoms.